The highest BCUT2D eigenvalue weighted by Gasteiger charge is 2.07. The van der Waals surface area contributed by atoms with Gasteiger partial charge in [-0.15, -0.1) is 0 Å². The Morgan fingerprint density at radius 3 is 2.81 bits per heavy atom. The number of hydrogen-bond acceptors (Lipinski definition) is 5. The van der Waals surface area contributed by atoms with E-state index in [1.165, 1.54) is 25.7 Å². The van der Waals surface area contributed by atoms with Crippen molar-refractivity contribution >= 4 is 34.7 Å². The molecule has 0 aliphatic heterocycles. The number of halogens is 1. The van der Waals surface area contributed by atoms with Crippen molar-refractivity contribution in [3.8, 4) is 11.5 Å². The van der Waals surface area contributed by atoms with Gasteiger partial charge in [-0.25, -0.2) is 5.43 Å². The highest BCUT2D eigenvalue weighted by molar-refractivity contribution is 14.1. The molecule has 6 nitrogen and oxygen atoms in total. The molecule has 1 heterocycles. The van der Waals surface area contributed by atoms with Crippen molar-refractivity contribution in [2.75, 3.05) is 7.11 Å². The number of benzene rings is 1. The lowest BCUT2D eigenvalue weighted by atomic mass is 10.2. The Balaban J connectivity index is 2.08. The second kappa shape index (κ2) is 7.02. The number of rotatable bonds is 4. The third kappa shape index (κ3) is 3.91. The first-order chi connectivity index (χ1) is 10.1. The molecule has 0 atom stereocenters. The van der Waals surface area contributed by atoms with Crippen LogP contribution < -0.4 is 10.2 Å². The summed E-state index contributed by atoms with van der Waals surface area (Å²) in [6.45, 7) is 0. The average Bonchev–Trinajstić information content (AvgIpc) is 2.51. The molecule has 0 bridgehead atoms. The standard InChI is InChI=1S/C14H12IN3O3/c1-21-12-7-9(6-11(15)13(12)19)8-17-18-14(20)10-2-4-16-5-3-10/h2-8,19H,1H3,(H,18,20)/b17-8-. The monoisotopic (exact) mass is 397 g/mol. The molecule has 0 spiro atoms. The van der Waals surface area contributed by atoms with Gasteiger partial charge in [0.1, 0.15) is 0 Å². The first-order valence-corrected chi connectivity index (χ1v) is 6.99. The van der Waals surface area contributed by atoms with Crippen LogP contribution in [0.1, 0.15) is 15.9 Å². The summed E-state index contributed by atoms with van der Waals surface area (Å²) in [5, 5.41) is 13.6. The van der Waals surface area contributed by atoms with E-state index < -0.39 is 0 Å². The number of hydrogen-bond donors (Lipinski definition) is 2. The predicted molar refractivity (Wildman–Crippen MR) is 86.7 cm³/mol. The fraction of sp³-hybridized carbons (Fsp3) is 0.0714. The fourth-order valence-corrected chi connectivity index (χ4v) is 2.18. The number of aromatic nitrogens is 1. The number of nitrogens with zero attached hydrogens (tertiary/aromatic N) is 2. The molecule has 21 heavy (non-hydrogen) atoms. The summed E-state index contributed by atoms with van der Waals surface area (Å²) < 4.78 is 5.69. The van der Waals surface area contributed by atoms with Crippen LogP contribution in [0.15, 0.2) is 41.8 Å². The average molecular weight is 397 g/mol. The summed E-state index contributed by atoms with van der Waals surface area (Å²) in [7, 11) is 1.47. The van der Waals surface area contributed by atoms with E-state index in [4.69, 9.17) is 4.74 Å². The summed E-state index contributed by atoms with van der Waals surface area (Å²) in [6.07, 6.45) is 4.54. The van der Waals surface area contributed by atoms with E-state index >= 15 is 0 Å². The molecule has 7 heteroatoms. The molecule has 0 radical (unpaired) electrons. The van der Waals surface area contributed by atoms with Gasteiger partial charge in [-0.05, 0) is 52.4 Å². The number of nitrogens with one attached hydrogen (secondary N) is 1. The largest absolute Gasteiger partial charge is 0.504 e. The molecule has 1 aromatic heterocycles. The van der Waals surface area contributed by atoms with Gasteiger partial charge in [-0.2, -0.15) is 5.10 Å². The molecule has 0 saturated heterocycles. The lowest BCUT2D eigenvalue weighted by molar-refractivity contribution is 0.0955. The lowest BCUT2D eigenvalue weighted by Gasteiger charge is -2.06. The number of pyridine rings is 1. The van der Waals surface area contributed by atoms with Gasteiger partial charge in [0.05, 0.1) is 16.9 Å². The van der Waals surface area contributed by atoms with Gasteiger partial charge < -0.3 is 9.84 Å². The van der Waals surface area contributed by atoms with Crippen molar-refractivity contribution in [1.82, 2.24) is 10.4 Å². The summed E-state index contributed by atoms with van der Waals surface area (Å²) in [5.41, 5.74) is 3.59. The van der Waals surface area contributed by atoms with Crippen LogP contribution in [0.3, 0.4) is 0 Å². The van der Waals surface area contributed by atoms with Crippen LogP contribution in [0.25, 0.3) is 0 Å². The van der Waals surface area contributed by atoms with E-state index in [-0.39, 0.29) is 11.7 Å². The Hall–Kier alpha value is -2.16. The number of phenolic OH excluding ortho intramolecular Hbond substituents is 1. The van der Waals surface area contributed by atoms with Crippen LogP contribution in [-0.2, 0) is 0 Å². The maximum absolute atomic E-state index is 11.8. The Kier molecular flexibility index (Phi) is 5.09. The molecule has 0 aliphatic rings. The lowest BCUT2D eigenvalue weighted by Crippen LogP contribution is -2.17. The van der Waals surface area contributed by atoms with Crippen LogP contribution in [0.2, 0.25) is 0 Å². The molecule has 2 N–H and O–H groups in total. The Bertz CT molecular complexity index is 675. The van der Waals surface area contributed by atoms with Crippen molar-refractivity contribution in [2.24, 2.45) is 5.10 Å². The SMILES string of the molecule is COc1cc(/C=N\NC(=O)c2ccncc2)cc(I)c1O. The van der Waals surface area contributed by atoms with E-state index in [0.717, 1.165) is 0 Å². The molecule has 1 aromatic carbocycles. The quantitative estimate of drug-likeness (QED) is 0.471. The highest BCUT2D eigenvalue weighted by Crippen LogP contribution is 2.31. The maximum Gasteiger partial charge on any atom is 0.271 e. The number of hydrazone groups is 1. The molecule has 0 saturated carbocycles. The molecule has 2 aromatic rings. The van der Waals surface area contributed by atoms with E-state index in [9.17, 15) is 9.90 Å². The topological polar surface area (TPSA) is 83.8 Å². The molecule has 0 fully saturated rings. The summed E-state index contributed by atoms with van der Waals surface area (Å²) in [5.74, 6) is 0.106. The van der Waals surface area contributed by atoms with Crippen molar-refractivity contribution in [3.05, 3.63) is 51.4 Å². The minimum Gasteiger partial charge on any atom is -0.504 e. The Labute approximate surface area is 135 Å². The highest BCUT2D eigenvalue weighted by atomic mass is 127. The summed E-state index contributed by atoms with van der Waals surface area (Å²) in [6, 6.07) is 6.54. The first-order valence-electron chi connectivity index (χ1n) is 5.91. The first kappa shape index (κ1) is 15.2. The minimum absolute atomic E-state index is 0.0797. The van der Waals surface area contributed by atoms with Gasteiger partial charge in [0.15, 0.2) is 11.5 Å². The summed E-state index contributed by atoms with van der Waals surface area (Å²) >= 11 is 1.99. The fourth-order valence-electron chi connectivity index (χ4n) is 1.56. The van der Waals surface area contributed by atoms with Crippen molar-refractivity contribution < 1.29 is 14.6 Å². The minimum atomic E-state index is -0.325. The van der Waals surface area contributed by atoms with Crippen molar-refractivity contribution in [2.45, 2.75) is 0 Å². The van der Waals surface area contributed by atoms with Gasteiger partial charge in [0.25, 0.3) is 5.91 Å². The second-order valence-electron chi connectivity index (χ2n) is 3.99. The maximum atomic E-state index is 11.8. The van der Waals surface area contributed by atoms with Gasteiger partial charge >= 0.3 is 0 Å². The Morgan fingerprint density at radius 2 is 2.14 bits per heavy atom. The third-order valence-electron chi connectivity index (χ3n) is 2.59. The molecule has 1 amide bonds. The van der Waals surface area contributed by atoms with E-state index in [1.54, 1.807) is 24.3 Å². The Morgan fingerprint density at radius 1 is 1.43 bits per heavy atom. The number of carbonyl (C=O) groups excluding carboxylic acids is 1. The van der Waals surface area contributed by atoms with E-state index in [2.05, 4.69) is 15.5 Å². The molecular weight excluding hydrogens is 385 g/mol. The van der Waals surface area contributed by atoms with Crippen LogP contribution >= 0.6 is 22.6 Å². The zero-order valence-electron chi connectivity index (χ0n) is 11.1. The van der Waals surface area contributed by atoms with Gasteiger partial charge in [0, 0.05) is 18.0 Å². The van der Waals surface area contributed by atoms with Crippen LogP contribution in [-0.4, -0.2) is 29.3 Å². The number of amides is 1. The number of methoxy groups -OCH3 is 1. The van der Waals surface area contributed by atoms with Crippen LogP contribution in [0, 0.1) is 3.57 Å². The number of carbonyl (C=O) groups is 1. The summed E-state index contributed by atoms with van der Waals surface area (Å²) in [4.78, 5) is 15.6. The van der Waals surface area contributed by atoms with Crippen LogP contribution in [0.4, 0.5) is 0 Å². The molecule has 2 rings (SSSR count). The normalized spacial score (nSPS) is 10.6. The number of ether oxygens (including phenoxy) is 1. The zero-order valence-corrected chi connectivity index (χ0v) is 13.2. The van der Waals surface area contributed by atoms with Crippen LogP contribution in [0.5, 0.6) is 11.5 Å². The molecule has 0 unspecified atom stereocenters. The van der Waals surface area contributed by atoms with Gasteiger partial charge in [-0.3, -0.25) is 9.78 Å². The van der Waals surface area contributed by atoms with Crippen molar-refractivity contribution in [3.63, 3.8) is 0 Å². The predicted octanol–water partition coefficient (Wildman–Crippen LogP) is 2.16. The van der Waals surface area contributed by atoms with E-state index in [0.29, 0.717) is 20.4 Å². The third-order valence-corrected chi connectivity index (χ3v) is 3.42. The smallest absolute Gasteiger partial charge is 0.271 e. The van der Waals surface area contributed by atoms with Crippen molar-refractivity contribution in [1.29, 1.82) is 0 Å². The second-order valence-corrected chi connectivity index (χ2v) is 5.15. The zero-order chi connectivity index (χ0) is 15.2. The number of phenols is 1. The molecular formula is C14H12IN3O3. The number of aromatic hydroxyl groups is 1. The van der Waals surface area contributed by atoms with E-state index in [1.807, 2.05) is 22.6 Å². The molecule has 0 aliphatic carbocycles. The van der Waals surface area contributed by atoms with Gasteiger partial charge in [-0.1, -0.05) is 0 Å². The van der Waals surface area contributed by atoms with Gasteiger partial charge in [0.2, 0.25) is 0 Å². The molecule has 108 valence electrons.